The first-order valence-corrected chi connectivity index (χ1v) is 9.33. The summed E-state index contributed by atoms with van der Waals surface area (Å²) < 4.78 is 39.2. The molecule has 0 bridgehead atoms. The SMILES string of the molecule is O=C(O)C1C(=O)C(Cl)=CC(Cl)=C1CCN1CCCc2ccc(C(F)(F)F)cc21. The van der Waals surface area contributed by atoms with E-state index in [9.17, 15) is 27.9 Å². The lowest BCUT2D eigenvalue weighted by molar-refractivity contribution is -0.143. The fourth-order valence-corrected chi connectivity index (χ4v) is 4.14. The molecule has 4 nitrogen and oxygen atoms in total. The molecule has 1 aromatic carbocycles. The zero-order chi connectivity index (χ0) is 20.6. The molecular formula is C19H16Cl2F3NO3. The van der Waals surface area contributed by atoms with Crippen molar-refractivity contribution in [2.45, 2.75) is 25.4 Å². The summed E-state index contributed by atoms with van der Waals surface area (Å²) >= 11 is 11.9. The van der Waals surface area contributed by atoms with E-state index in [1.165, 1.54) is 12.1 Å². The van der Waals surface area contributed by atoms with E-state index in [1.54, 1.807) is 4.90 Å². The number of ketones is 1. The molecule has 0 amide bonds. The second-order valence-electron chi connectivity index (χ2n) is 6.68. The van der Waals surface area contributed by atoms with Gasteiger partial charge in [-0.15, -0.1) is 0 Å². The topological polar surface area (TPSA) is 57.6 Å². The molecule has 1 N–H and O–H groups in total. The number of benzene rings is 1. The van der Waals surface area contributed by atoms with Crippen LogP contribution >= 0.6 is 23.2 Å². The third kappa shape index (κ3) is 4.05. The molecule has 28 heavy (non-hydrogen) atoms. The number of carbonyl (C=O) groups is 2. The zero-order valence-electron chi connectivity index (χ0n) is 14.5. The highest BCUT2D eigenvalue weighted by atomic mass is 35.5. The minimum atomic E-state index is -4.45. The van der Waals surface area contributed by atoms with E-state index in [2.05, 4.69) is 0 Å². The lowest BCUT2D eigenvalue weighted by Gasteiger charge is -2.33. The van der Waals surface area contributed by atoms with E-state index in [-0.39, 0.29) is 28.6 Å². The van der Waals surface area contributed by atoms with Crippen molar-refractivity contribution in [2.24, 2.45) is 5.92 Å². The highest BCUT2D eigenvalue weighted by Crippen LogP contribution is 2.37. The molecule has 1 aliphatic heterocycles. The van der Waals surface area contributed by atoms with Gasteiger partial charge in [0.15, 0.2) is 5.78 Å². The highest BCUT2D eigenvalue weighted by Gasteiger charge is 2.37. The molecule has 2 aliphatic rings. The van der Waals surface area contributed by atoms with Crippen LogP contribution in [0.2, 0.25) is 0 Å². The molecule has 1 unspecified atom stereocenters. The summed E-state index contributed by atoms with van der Waals surface area (Å²) in [6.45, 7) is 0.768. The Labute approximate surface area is 169 Å². The molecular weight excluding hydrogens is 418 g/mol. The second kappa shape index (κ2) is 7.79. The zero-order valence-corrected chi connectivity index (χ0v) is 16.0. The molecule has 1 aromatic rings. The number of allylic oxidation sites excluding steroid dienone is 3. The van der Waals surface area contributed by atoms with E-state index in [4.69, 9.17) is 23.2 Å². The Morgan fingerprint density at radius 2 is 2.00 bits per heavy atom. The van der Waals surface area contributed by atoms with E-state index in [0.29, 0.717) is 18.7 Å². The Hall–Kier alpha value is -1.99. The summed E-state index contributed by atoms with van der Waals surface area (Å²) in [4.78, 5) is 25.4. The Morgan fingerprint density at radius 3 is 2.64 bits per heavy atom. The molecule has 1 atom stereocenters. The number of aryl methyl sites for hydroxylation is 1. The van der Waals surface area contributed by atoms with Gasteiger partial charge in [-0.05, 0) is 48.6 Å². The van der Waals surface area contributed by atoms with Gasteiger partial charge in [0.25, 0.3) is 0 Å². The molecule has 0 aromatic heterocycles. The Kier molecular flexibility index (Phi) is 5.77. The van der Waals surface area contributed by atoms with E-state index in [1.807, 2.05) is 0 Å². The second-order valence-corrected chi connectivity index (χ2v) is 7.50. The Balaban J connectivity index is 1.87. The minimum absolute atomic E-state index is 0.0817. The maximum atomic E-state index is 13.1. The minimum Gasteiger partial charge on any atom is -0.480 e. The number of fused-ring (bicyclic) bond motifs is 1. The number of alkyl halides is 3. The first kappa shape index (κ1) is 20.7. The number of hydrogen-bond donors (Lipinski definition) is 1. The van der Waals surface area contributed by atoms with Crippen molar-refractivity contribution in [2.75, 3.05) is 18.0 Å². The van der Waals surface area contributed by atoms with Crippen LogP contribution in [-0.4, -0.2) is 29.9 Å². The molecule has 9 heteroatoms. The molecule has 0 saturated carbocycles. The van der Waals surface area contributed by atoms with Crippen molar-refractivity contribution in [3.63, 3.8) is 0 Å². The molecule has 0 saturated heterocycles. The van der Waals surface area contributed by atoms with Gasteiger partial charge in [0.05, 0.1) is 10.6 Å². The number of carboxylic acid groups (broad SMARTS) is 1. The average Bonchev–Trinajstić information content (AvgIpc) is 2.62. The maximum Gasteiger partial charge on any atom is 0.416 e. The van der Waals surface area contributed by atoms with Crippen LogP contribution in [0, 0.1) is 5.92 Å². The number of anilines is 1. The first-order chi connectivity index (χ1) is 13.1. The summed E-state index contributed by atoms with van der Waals surface area (Å²) in [7, 11) is 0. The third-order valence-electron chi connectivity index (χ3n) is 4.93. The van der Waals surface area contributed by atoms with Gasteiger partial charge in [0.2, 0.25) is 0 Å². The van der Waals surface area contributed by atoms with Crippen LogP contribution in [0.3, 0.4) is 0 Å². The molecule has 1 heterocycles. The molecule has 0 fully saturated rings. The Bertz CT molecular complexity index is 893. The molecule has 1 aliphatic carbocycles. The first-order valence-electron chi connectivity index (χ1n) is 8.57. The van der Waals surface area contributed by atoms with Gasteiger partial charge >= 0.3 is 12.1 Å². The van der Waals surface area contributed by atoms with Crippen LogP contribution in [0.4, 0.5) is 18.9 Å². The van der Waals surface area contributed by atoms with E-state index < -0.39 is 29.4 Å². The van der Waals surface area contributed by atoms with Crippen LogP contribution < -0.4 is 4.90 Å². The largest absolute Gasteiger partial charge is 0.480 e. The number of halogens is 5. The summed E-state index contributed by atoms with van der Waals surface area (Å²) in [5.74, 6) is -3.58. The van der Waals surface area contributed by atoms with Gasteiger partial charge in [0.1, 0.15) is 5.92 Å². The highest BCUT2D eigenvalue weighted by molar-refractivity contribution is 6.46. The third-order valence-corrected chi connectivity index (χ3v) is 5.58. The summed E-state index contributed by atoms with van der Waals surface area (Å²) in [6.07, 6.45) is -1.68. The van der Waals surface area contributed by atoms with Crippen molar-refractivity contribution < 1.29 is 27.9 Å². The molecule has 0 radical (unpaired) electrons. The van der Waals surface area contributed by atoms with Gasteiger partial charge in [-0.2, -0.15) is 13.2 Å². The Morgan fingerprint density at radius 1 is 1.29 bits per heavy atom. The number of nitrogens with zero attached hydrogens (tertiary/aromatic N) is 1. The van der Waals surface area contributed by atoms with Gasteiger partial charge in [-0.1, -0.05) is 29.3 Å². The van der Waals surface area contributed by atoms with Crippen molar-refractivity contribution >= 4 is 40.6 Å². The fourth-order valence-electron chi connectivity index (χ4n) is 3.55. The predicted octanol–water partition coefficient (Wildman–Crippen LogP) is 4.75. The van der Waals surface area contributed by atoms with Gasteiger partial charge < -0.3 is 10.0 Å². The monoisotopic (exact) mass is 433 g/mol. The van der Waals surface area contributed by atoms with Crippen molar-refractivity contribution in [3.8, 4) is 0 Å². The van der Waals surface area contributed by atoms with E-state index >= 15 is 0 Å². The summed E-state index contributed by atoms with van der Waals surface area (Å²) in [5, 5.41) is 9.23. The van der Waals surface area contributed by atoms with E-state index in [0.717, 1.165) is 24.1 Å². The molecule has 150 valence electrons. The number of hydrogen-bond acceptors (Lipinski definition) is 3. The number of carboxylic acids is 1. The lowest BCUT2D eigenvalue weighted by atomic mass is 9.87. The molecule has 3 rings (SSSR count). The molecule has 0 spiro atoms. The number of Topliss-reactive ketones (excluding diaryl/α,β-unsaturated/α-hetero) is 1. The van der Waals surface area contributed by atoms with Crippen LogP contribution in [-0.2, 0) is 22.2 Å². The van der Waals surface area contributed by atoms with Crippen LogP contribution in [0.1, 0.15) is 24.0 Å². The van der Waals surface area contributed by atoms with Crippen molar-refractivity contribution in [1.29, 1.82) is 0 Å². The number of rotatable bonds is 4. The number of carbonyl (C=O) groups excluding carboxylic acids is 1. The lowest BCUT2D eigenvalue weighted by Crippen LogP contribution is -2.34. The smallest absolute Gasteiger partial charge is 0.416 e. The van der Waals surface area contributed by atoms with Crippen LogP contribution in [0.5, 0.6) is 0 Å². The van der Waals surface area contributed by atoms with Gasteiger partial charge in [-0.3, -0.25) is 9.59 Å². The maximum absolute atomic E-state index is 13.1. The summed E-state index contributed by atoms with van der Waals surface area (Å²) in [5.41, 5.74) is 0.751. The van der Waals surface area contributed by atoms with Gasteiger partial charge in [-0.25, -0.2) is 0 Å². The van der Waals surface area contributed by atoms with Crippen molar-refractivity contribution in [1.82, 2.24) is 0 Å². The summed E-state index contributed by atoms with van der Waals surface area (Å²) in [6, 6.07) is 3.65. The average molecular weight is 434 g/mol. The predicted molar refractivity (Wildman–Crippen MR) is 99.5 cm³/mol. The fraction of sp³-hybridized carbons (Fsp3) is 0.368. The standard InChI is InChI=1S/C19H16Cl2F3NO3/c20-13-9-14(21)17(26)16(18(27)28)12(13)5-7-25-6-1-2-10-3-4-11(8-15(10)25)19(22,23)24/h3-4,8-9,16H,1-2,5-7H2,(H,27,28). The van der Waals surface area contributed by atoms with Crippen LogP contribution in [0.25, 0.3) is 0 Å². The van der Waals surface area contributed by atoms with Crippen LogP contribution in [0.15, 0.2) is 39.9 Å². The van der Waals surface area contributed by atoms with Gasteiger partial charge in [0, 0.05) is 23.8 Å². The quantitative estimate of drug-likeness (QED) is 0.696. The number of aliphatic carboxylic acids is 1. The normalized spacial score (nSPS) is 20.2. The van der Waals surface area contributed by atoms with Crippen molar-refractivity contribution in [3.05, 3.63) is 51.0 Å².